The fourth-order valence-corrected chi connectivity index (χ4v) is 3.04. The van der Waals surface area contributed by atoms with Crippen molar-refractivity contribution in [1.29, 1.82) is 0 Å². The summed E-state index contributed by atoms with van der Waals surface area (Å²) in [5.74, 6) is 0.396. The minimum atomic E-state index is -3.71. The van der Waals surface area contributed by atoms with Crippen LogP contribution in [0.4, 0.5) is 0 Å². The van der Waals surface area contributed by atoms with Gasteiger partial charge in [0.25, 0.3) is 5.91 Å². The van der Waals surface area contributed by atoms with Gasteiger partial charge in [0, 0.05) is 12.1 Å². The van der Waals surface area contributed by atoms with Crippen LogP contribution in [0.3, 0.4) is 0 Å². The highest BCUT2D eigenvalue weighted by Gasteiger charge is 2.15. The molecule has 1 aromatic carbocycles. The molecule has 0 heterocycles. The lowest BCUT2D eigenvalue weighted by Gasteiger charge is -2.21. The van der Waals surface area contributed by atoms with Crippen LogP contribution in [0, 0.1) is 5.92 Å². The van der Waals surface area contributed by atoms with E-state index in [2.05, 4.69) is 5.32 Å². The van der Waals surface area contributed by atoms with Crippen molar-refractivity contribution in [3.63, 3.8) is 0 Å². The molecular weight excluding hydrogens is 276 g/mol. The first-order valence-corrected chi connectivity index (χ1v) is 8.42. The molecule has 1 aromatic rings. The highest BCUT2D eigenvalue weighted by atomic mass is 32.2. The number of rotatable bonds is 4. The summed E-state index contributed by atoms with van der Waals surface area (Å²) in [6.45, 7) is 0.690. The minimum Gasteiger partial charge on any atom is -0.352 e. The molecule has 0 saturated heterocycles. The van der Waals surface area contributed by atoms with Crippen LogP contribution in [0.2, 0.25) is 0 Å². The third-order valence-electron chi connectivity index (χ3n) is 3.72. The van der Waals surface area contributed by atoms with Crippen LogP contribution in [-0.4, -0.2) is 20.9 Å². The zero-order chi connectivity index (χ0) is 14.6. The van der Waals surface area contributed by atoms with Crippen molar-refractivity contribution in [2.24, 2.45) is 11.1 Å². The van der Waals surface area contributed by atoms with Gasteiger partial charge in [-0.1, -0.05) is 19.3 Å². The SMILES string of the molecule is NS(=O)(=O)c1ccc(C(=O)NCC2CCCCC2)cc1. The summed E-state index contributed by atoms with van der Waals surface area (Å²) in [6, 6.07) is 5.67. The summed E-state index contributed by atoms with van der Waals surface area (Å²) in [5, 5.41) is 7.92. The molecule has 5 nitrogen and oxygen atoms in total. The Labute approximate surface area is 119 Å². The smallest absolute Gasteiger partial charge is 0.251 e. The van der Waals surface area contributed by atoms with E-state index in [9.17, 15) is 13.2 Å². The van der Waals surface area contributed by atoms with E-state index >= 15 is 0 Å². The molecule has 2 rings (SSSR count). The largest absolute Gasteiger partial charge is 0.352 e. The Bertz CT molecular complexity index is 561. The molecule has 3 N–H and O–H groups in total. The molecule has 0 aromatic heterocycles. The molecule has 0 radical (unpaired) electrons. The molecule has 0 spiro atoms. The van der Waals surface area contributed by atoms with E-state index in [-0.39, 0.29) is 10.8 Å². The Balaban J connectivity index is 1.92. The van der Waals surface area contributed by atoms with Crippen LogP contribution in [0.25, 0.3) is 0 Å². The first kappa shape index (κ1) is 15.0. The lowest BCUT2D eigenvalue weighted by atomic mass is 9.89. The van der Waals surface area contributed by atoms with E-state index in [0.29, 0.717) is 18.0 Å². The molecule has 1 fully saturated rings. The zero-order valence-electron chi connectivity index (χ0n) is 11.3. The van der Waals surface area contributed by atoms with Crippen molar-refractivity contribution < 1.29 is 13.2 Å². The van der Waals surface area contributed by atoms with Gasteiger partial charge in [-0.25, -0.2) is 13.6 Å². The number of primary sulfonamides is 1. The molecule has 0 bridgehead atoms. The molecule has 0 atom stereocenters. The minimum absolute atomic E-state index is 0.0151. The quantitative estimate of drug-likeness (QED) is 0.885. The summed E-state index contributed by atoms with van der Waals surface area (Å²) in [7, 11) is -3.71. The molecule has 1 aliphatic rings. The highest BCUT2D eigenvalue weighted by Crippen LogP contribution is 2.22. The maximum atomic E-state index is 12.0. The lowest BCUT2D eigenvalue weighted by Crippen LogP contribution is -2.30. The van der Waals surface area contributed by atoms with Crippen molar-refractivity contribution in [2.75, 3.05) is 6.54 Å². The summed E-state index contributed by atoms with van der Waals surface area (Å²) >= 11 is 0. The molecule has 6 heteroatoms. The van der Waals surface area contributed by atoms with E-state index in [1.807, 2.05) is 0 Å². The number of hydrogen-bond acceptors (Lipinski definition) is 3. The average molecular weight is 296 g/mol. The first-order valence-electron chi connectivity index (χ1n) is 6.88. The molecule has 110 valence electrons. The van der Waals surface area contributed by atoms with Crippen molar-refractivity contribution in [3.05, 3.63) is 29.8 Å². The Morgan fingerprint density at radius 1 is 1.15 bits per heavy atom. The number of nitrogens with one attached hydrogen (secondary N) is 1. The monoisotopic (exact) mass is 296 g/mol. The van der Waals surface area contributed by atoms with Gasteiger partial charge < -0.3 is 5.32 Å². The molecule has 1 aliphatic carbocycles. The van der Waals surface area contributed by atoms with Crippen molar-refractivity contribution in [2.45, 2.75) is 37.0 Å². The van der Waals surface area contributed by atoms with E-state index in [0.717, 1.165) is 0 Å². The third kappa shape index (κ3) is 4.05. The molecular formula is C14H20N2O3S. The van der Waals surface area contributed by atoms with Gasteiger partial charge in [0.2, 0.25) is 10.0 Å². The Morgan fingerprint density at radius 2 is 1.75 bits per heavy atom. The summed E-state index contributed by atoms with van der Waals surface area (Å²) < 4.78 is 22.2. The van der Waals surface area contributed by atoms with E-state index in [4.69, 9.17) is 5.14 Å². The molecule has 20 heavy (non-hydrogen) atoms. The number of carbonyl (C=O) groups is 1. The highest BCUT2D eigenvalue weighted by molar-refractivity contribution is 7.89. The van der Waals surface area contributed by atoms with Gasteiger partial charge in [0.05, 0.1) is 4.90 Å². The van der Waals surface area contributed by atoms with Crippen molar-refractivity contribution in [3.8, 4) is 0 Å². The topological polar surface area (TPSA) is 89.3 Å². The number of benzene rings is 1. The standard InChI is InChI=1S/C14H20N2O3S/c15-20(18,19)13-8-6-12(7-9-13)14(17)16-10-11-4-2-1-3-5-11/h6-9,11H,1-5,10H2,(H,16,17)(H2,15,18,19). The Morgan fingerprint density at radius 3 is 2.30 bits per heavy atom. The summed E-state index contributed by atoms with van der Waals surface area (Å²) in [6.07, 6.45) is 6.11. The predicted octanol–water partition coefficient (Wildman–Crippen LogP) is 1.64. The molecule has 1 saturated carbocycles. The van der Waals surface area contributed by atoms with Gasteiger partial charge in [0.1, 0.15) is 0 Å². The van der Waals surface area contributed by atoms with Gasteiger partial charge >= 0.3 is 0 Å². The van der Waals surface area contributed by atoms with Crippen molar-refractivity contribution in [1.82, 2.24) is 5.32 Å². The van der Waals surface area contributed by atoms with E-state index in [1.165, 1.54) is 56.4 Å². The van der Waals surface area contributed by atoms with E-state index in [1.54, 1.807) is 0 Å². The second-order valence-electron chi connectivity index (χ2n) is 5.28. The fourth-order valence-electron chi connectivity index (χ4n) is 2.53. The molecule has 1 amide bonds. The normalized spacial score (nSPS) is 16.9. The predicted molar refractivity (Wildman–Crippen MR) is 76.7 cm³/mol. The van der Waals surface area contributed by atoms with Gasteiger partial charge in [-0.15, -0.1) is 0 Å². The van der Waals surface area contributed by atoms with Gasteiger partial charge in [-0.2, -0.15) is 0 Å². The second kappa shape index (κ2) is 6.37. The number of sulfonamides is 1. The van der Waals surface area contributed by atoms with Gasteiger partial charge in [-0.3, -0.25) is 4.79 Å². The average Bonchev–Trinajstić information content (AvgIpc) is 2.45. The van der Waals surface area contributed by atoms with Crippen LogP contribution in [0.5, 0.6) is 0 Å². The maximum absolute atomic E-state index is 12.0. The van der Waals surface area contributed by atoms with Crippen LogP contribution < -0.4 is 10.5 Å². The number of hydrogen-bond donors (Lipinski definition) is 2. The van der Waals surface area contributed by atoms with Gasteiger partial charge in [0.15, 0.2) is 0 Å². The van der Waals surface area contributed by atoms with Crippen LogP contribution in [-0.2, 0) is 10.0 Å². The summed E-state index contributed by atoms with van der Waals surface area (Å²) in [4.78, 5) is 12.0. The Kier molecular flexibility index (Phi) is 4.77. The number of amides is 1. The van der Waals surface area contributed by atoms with Crippen LogP contribution in [0.1, 0.15) is 42.5 Å². The maximum Gasteiger partial charge on any atom is 0.251 e. The van der Waals surface area contributed by atoms with E-state index < -0.39 is 10.0 Å². The Hall–Kier alpha value is -1.40. The van der Waals surface area contributed by atoms with Crippen LogP contribution in [0.15, 0.2) is 29.2 Å². The third-order valence-corrected chi connectivity index (χ3v) is 4.65. The summed E-state index contributed by atoms with van der Waals surface area (Å²) in [5.41, 5.74) is 0.452. The fraction of sp³-hybridized carbons (Fsp3) is 0.500. The number of carbonyl (C=O) groups excluding carboxylic acids is 1. The molecule has 0 unspecified atom stereocenters. The molecule has 0 aliphatic heterocycles. The number of nitrogens with two attached hydrogens (primary N) is 1. The zero-order valence-corrected chi connectivity index (χ0v) is 12.2. The second-order valence-corrected chi connectivity index (χ2v) is 6.84. The first-order chi connectivity index (χ1) is 9.47. The lowest BCUT2D eigenvalue weighted by molar-refractivity contribution is 0.0943. The van der Waals surface area contributed by atoms with Crippen molar-refractivity contribution >= 4 is 15.9 Å². The van der Waals surface area contributed by atoms with Gasteiger partial charge in [-0.05, 0) is 43.0 Å². The van der Waals surface area contributed by atoms with Crippen LogP contribution >= 0.6 is 0 Å².